The van der Waals surface area contributed by atoms with Crippen LogP contribution in [0.4, 0.5) is 0 Å². The molecule has 1 aliphatic heterocycles. The molecular weight excluding hydrogens is 204 g/mol. The van der Waals surface area contributed by atoms with E-state index in [4.69, 9.17) is 4.74 Å². The van der Waals surface area contributed by atoms with Crippen LogP contribution in [0.3, 0.4) is 0 Å². The Balaban J connectivity index is 2.03. The van der Waals surface area contributed by atoms with Gasteiger partial charge in [-0.3, -0.25) is 4.79 Å². The quantitative estimate of drug-likeness (QED) is 0.537. The molecule has 0 aromatic rings. The molecular formula is C13H16O3. The van der Waals surface area contributed by atoms with Gasteiger partial charge >= 0.3 is 5.97 Å². The first kappa shape index (κ1) is 10.1. The maximum atomic E-state index is 11.8. The van der Waals surface area contributed by atoms with Crippen LogP contribution in [0.2, 0.25) is 0 Å². The van der Waals surface area contributed by atoms with E-state index in [-0.39, 0.29) is 29.8 Å². The van der Waals surface area contributed by atoms with Gasteiger partial charge in [-0.05, 0) is 24.8 Å². The molecule has 3 heteroatoms. The molecule has 1 fully saturated rings. The third-order valence-electron chi connectivity index (χ3n) is 4.16. The van der Waals surface area contributed by atoms with Crippen LogP contribution < -0.4 is 0 Å². The predicted molar refractivity (Wildman–Crippen MR) is 58.5 cm³/mol. The van der Waals surface area contributed by atoms with E-state index in [0.29, 0.717) is 0 Å². The summed E-state index contributed by atoms with van der Waals surface area (Å²) in [4.78, 5) is 11.8. The molecule has 5 atom stereocenters. The predicted octanol–water partition coefficient (Wildman–Crippen LogP) is 1.43. The summed E-state index contributed by atoms with van der Waals surface area (Å²) in [5, 5.41) is 9.93. The highest BCUT2D eigenvalue weighted by Gasteiger charge is 2.52. The first-order valence-electron chi connectivity index (χ1n) is 5.98. The maximum absolute atomic E-state index is 11.8. The average molecular weight is 220 g/mol. The second kappa shape index (κ2) is 3.45. The second-order valence-corrected chi connectivity index (χ2v) is 4.86. The number of carbonyl (C=O) groups is 1. The van der Waals surface area contributed by atoms with Crippen molar-refractivity contribution in [1.82, 2.24) is 0 Å². The van der Waals surface area contributed by atoms with Gasteiger partial charge in [-0.25, -0.2) is 0 Å². The highest BCUT2D eigenvalue weighted by Crippen LogP contribution is 2.48. The molecule has 1 N–H and O–H groups in total. The Morgan fingerprint density at radius 2 is 2.31 bits per heavy atom. The molecule has 2 aliphatic carbocycles. The van der Waals surface area contributed by atoms with Gasteiger partial charge in [0.15, 0.2) is 0 Å². The van der Waals surface area contributed by atoms with Crippen LogP contribution in [-0.4, -0.2) is 23.3 Å². The van der Waals surface area contributed by atoms with Crippen molar-refractivity contribution in [3.8, 4) is 0 Å². The zero-order chi connectivity index (χ0) is 11.3. The van der Waals surface area contributed by atoms with Gasteiger partial charge in [0.1, 0.15) is 6.10 Å². The van der Waals surface area contributed by atoms with E-state index in [0.717, 1.165) is 12.8 Å². The smallest absolute Gasteiger partial charge is 0.314 e. The molecule has 86 valence electrons. The van der Waals surface area contributed by atoms with Crippen molar-refractivity contribution >= 4 is 5.97 Å². The Kier molecular flexibility index (Phi) is 2.18. The first-order chi connectivity index (χ1) is 7.72. The number of carbonyl (C=O) groups excluding carboxylic acids is 1. The van der Waals surface area contributed by atoms with E-state index >= 15 is 0 Å². The zero-order valence-electron chi connectivity index (χ0n) is 9.30. The maximum Gasteiger partial charge on any atom is 0.314 e. The molecule has 0 bridgehead atoms. The largest absolute Gasteiger partial charge is 0.457 e. The summed E-state index contributed by atoms with van der Waals surface area (Å²) in [5.74, 6) is 0.106. The second-order valence-electron chi connectivity index (χ2n) is 4.86. The molecule has 3 nitrogen and oxygen atoms in total. The molecule has 5 unspecified atom stereocenters. The van der Waals surface area contributed by atoms with Gasteiger partial charge in [0.2, 0.25) is 0 Å². The van der Waals surface area contributed by atoms with Crippen LogP contribution in [0, 0.1) is 17.8 Å². The molecule has 1 saturated heterocycles. The van der Waals surface area contributed by atoms with Gasteiger partial charge in [-0.15, -0.1) is 0 Å². The summed E-state index contributed by atoms with van der Waals surface area (Å²) in [6.45, 7) is 2.07. The fourth-order valence-corrected chi connectivity index (χ4v) is 3.36. The molecule has 16 heavy (non-hydrogen) atoms. The number of aliphatic hydroxyl groups excluding tert-OH is 1. The van der Waals surface area contributed by atoms with E-state index in [1.165, 1.54) is 5.57 Å². The number of ether oxygens (including phenoxy) is 1. The van der Waals surface area contributed by atoms with Gasteiger partial charge in [-0.2, -0.15) is 0 Å². The molecule has 0 radical (unpaired) electrons. The lowest BCUT2D eigenvalue weighted by Crippen LogP contribution is -2.40. The van der Waals surface area contributed by atoms with Crippen LogP contribution >= 0.6 is 0 Å². The fourth-order valence-electron chi connectivity index (χ4n) is 3.36. The Hall–Kier alpha value is -1.09. The molecule has 3 rings (SSSR count). The lowest BCUT2D eigenvalue weighted by molar-refractivity contribution is -0.142. The highest BCUT2D eigenvalue weighted by atomic mass is 16.6. The molecule has 0 spiro atoms. The van der Waals surface area contributed by atoms with E-state index in [1.807, 2.05) is 6.08 Å². The zero-order valence-corrected chi connectivity index (χ0v) is 9.30. The van der Waals surface area contributed by atoms with Crippen molar-refractivity contribution in [1.29, 1.82) is 0 Å². The number of allylic oxidation sites excluding steroid dienone is 1. The fraction of sp³-hybridized carbons (Fsp3) is 0.615. The summed E-state index contributed by atoms with van der Waals surface area (Å²) >= 11 is 0. The van der Waals surface area contributed by atoms with E-state index in [1.54, 1.807) is 6.08 Å². The number of esters is 1. The van der Waals surface area contributed by atoms with Crippen molar-refractivity contribution in [2.45, 2.75) is 32.0 Å². The number of aliphatic hydroxyl groups is 1. The summed E-state index contributed by atoms with van der Waals surface area (Å²) in [5.41, 5.74) is 1.19. The van der Waals surface area contributed by atoms with Gasteiger partial charge in [0.25, 0.3) is 0 Å². The summed E-state index contributed by atoms with van der Waals surface area (Å²) in [6, 6.07) is 0. The average Bonchev–Trinajstić information content (AvgIpc) is 2.63. The van der Waals surface area contributed by atoms with Crippen molar-refractivity contribution < 1.29 is 14.6 Å². The van der Waals surface area contributed by atoms with E-state index in [2.05, 4.69) is 13.0 Å². The Morgan fingerprint density at radius 3 is 3.06 bits per heavy atom. The SMILES string of the molecule is CCC1=CCC2C(O)C=CC3OC(=O)C1C32. The van der Waals surface area contributed by atoms with E-state index < -0.39 is 6.10 Å². The molecule has 0 aromatic heterocycles. The van der Waals surface area contributed by atoms with Gasteiger partial charge < -0.3 is 9.84 Å². The monoisotopic (exact) mass is 220 g/mol. The molecule has 0 saturated carbocycles. The van der Waals surface area contributed by atoms with Gasteiger partial charge in [-0.1, -0.05) is 24.6 Å². The minimum absolute atomic E-state index is 0.103. The van der Waals surface area contributed by atoms with Crippen LogP contribution in [0.1, 0.15) is 19.8 Å². The van der Waals surface area contributed by atoms with Gasteiger partial charge in [0, 0.05) is 5.92 Å². The summed E-state index contributed by atoms with van der Waals surface area (Å²) in [7, 11) is 0. The molecule has 1 heterocycles. The van der Waals surface area contributed by atoms with Crippen LogP contribution in [0.5, 0.6) is 0 Å². The topological polar surface area (TPSA) is 46.5 Å². The molecule has 0 aromatic carbocycles. The summed E-state index contributed by atoms with van der Waals surface area (Å²) in [6.07, 6.45) is 6.97. The molecule has 3 aliphatic rings. The highest BCUT2D eigenvalue weighted by molar-refractivity contribution is 5.79. The Morgan fingerprint density at radius 1 is 1.50 bits per heavy atom. The third-order valence-corrected chi connectivity index (χ3v) is 4.16. The Labute approximate surface area is 94.8 Å². The first-order valence-corrected chi connectivity index (χ1v) is 5.98. The standard InChI is InChI=1S/C13H16O3/c1-2-7-3-4-8-9(14)5-6-10-12(8)11(7)13(15)16-10/h3,5-6,8-12,14H,2,4H2,1H3. The van der Waals surface area contributed by atoms with Gasteiger partial charge in [0.05, 0.1) is 12.0 Å². The van der Waals surface area contributed by atoms with E-state index in [9.17, 15) is 9.90 Å². The minimum Gasteiger partial charge on any atom is -0.457 e. The lowest BCUT2D eigenvalue weighted by atomic mass is 9.66. The number of hydrogen-bond acceptors (Lipinski definition) is 3. The van der Waals surface area contributed by atoms with Crippen molar-refractivity contribution in [3.63, 3.8) is 0 Å². The summed E-state index contributed by atoms with van der Waals surface area (Å²) < 4.78 is 5.38. The normalized spacial score (nSPS) is 45.0. The molecule has 0 amide bonds. The Bertz CT molecular complexity index is 383. The van der Waals surface area contributed by atoms with Crippen LogP contribution in [0.15, 0.2) is 23.8 Å². The number of rotatable bonds is 1. The van der Waals surface area contributed by atoms with Crippen LogP contribution in [0.25, 0.3) is 0 Å². The van der Waals surface area contributed by atoms with Crippen molar-refractivity contribution in [2.24, 2.45) is 17.8 Å². The number of hydrogen-bond donors (Lipinski definition) is 1. The van der Waals surface area contributed by atoms with Crippen molar-refractivity contribution in [3.05, 3.63) is 23.8 Å². The van der Waals surface area contributed by atoms with Crippen molar-refractivity contribution in [2.75, 3.05) is 0 Å². The third kappa shape index (κ3) is 1.21. The lowest BCUT2D eigenvalue weighted by Gasteiger charge is -2.37. The minimum atomic E-state index is -0.423. The van der Waals surface area contributed by atoms with Crippen LogP contribution in [-0.2, 0) is 9.53 Å².